The fourth-order valence-corrected chi connectivity index (χ4v) is 2.47. The normalized spacial score (nSPS) is 17.1. The van der Waals surface area contributed by atoms with Gasteiger partial charge in [-0.2, -0.15) is 0 Å². The summed E-state index contributed by atoms with van der Waals surface area (Å²) in [4.78, 5) is 38.3. The Balaban J connectivity index is 1.91. The third-order valence-corrected chi connectivity index (χ3v) is 3.75. The molecule has 1 atom stereocenters. The number of para-hydroxylation sites is 1. The summed E-state index contributed by atoms with van der Waals surface area (Å²) in [5.74, 6) is -1.80. The average Bonchev–Trinajstić information content (AvgIpc) is 2.66. The molecule has 0 aromatic heterocycles. The number of ketones is 1. The molecule has 6 heteroatoms. The van der Waals surface area contributed by atoms with Crippen molar-refractivity contribution in [2.45, 2.75) is 13.0 Å². The highest BCUT2D eigenvalue weighted by atomic mass is 19.1. The molecule has 1 aliphatic heterocycles. The molecule has 0 saturated carbocycles. The van der Waals surface area contributed by atoms with Crippen LogP contribution in [0.3, 0.4) is 0 Å². The number of benzene rings is 2. The van der Waals surface area contributed by atoms with Crippen molar-refractivity contribution in [2.24, 2.45) is 0 Å². The molecule has 2 amide bonds. The zero-order valence-corrected chi connectivity index (χ0v) is 12.9. The summed E-state index contributed by atoms with van der Waals surface area (Å²) in [6.45, 7) is 1.10. The van der Waals surface area contributed by atoms with Crippen LogP contribution in [0.5, 0.6) is 5.75 Å². The minimum Gasteiger partial charge on any atom is -0.480 e. The van der Waals surface area contributed by atoms with Gasteiger partial charge in [0.1, 0.15) is 11.6 Å². The number of ether oxygens (including phenoxy) is 1. The van der Waals surface area contributed by atoms with E-state index in [0.717, 1.165) is 17.0 Å². The lowest BCUT2D eigenvalue weighted by Crippen LogP contribution is -2.44. The number of rotatable bonds is 3. The lowest BCUT2D eigenvalue weighted by Gasteiger charge is -2.19. The number of carbonyl (C=O) groups excluding carboxylic acids is 3. The quantitative estimate of drug-likeness (QED) is 0.642. The van der Waals surface area contributed by atoms with Crippen LogP contribution in [0.25, 0.3) is 0 Å². The monoisotopic (exact) mass is 327 g/mol. The molecule has 1 heterocycles. The average molecular weight is 327 g/mol. The molecule has 0 bridgehead atoms. The predicted octanol–water partition coefficient (Wildman–Crippen LogP) is 2.46. The zero-order chi connectivity index (χ0) is 17.3. The van der Waals surface area contributed by atoms with E-state index in [0.29, 0.717) is 5.75 Å². The minimum absolute atomic E-state index is 0.224. The number of nitrogens with zero attached hydrogens (tertiary/aromatic N) is 1. The van der Waals surface area contributed by atoms with Crippen molar-refractivity contribution in [3.05, 3.63) is 65.5 Å². The van der Waals surface area contributed by atoms with Gasteiger partial charge in [-0.3, -0.25) is 19.3 Å². The summed E-state index contributed by atoms with van der Waals surface area (Å²) in [5, 5.41) is 0. The summed E-state index contributed by atoms with van der Waals surface area (Å²) in [6, 6.07) is 11.4. The second-order valence-electron chi connectivity index (χ2n) is 5.42. The number of halogens is 1. The van der Waals surface area contributed by atoms with Crippen LogP contribution in [0, 0.1) is 5.82 Å². The molecule has 0 radical (unpaired) electrons. The van der Waals surface area contributed by atoms with Crippen molar-refractivity contribution >= 4 is 17.6 Å². The maximum absolute atomic E-state index is 13.0. The van der Waals surface area contributed by atoms with Crippen LogP contribution in [-0.2, 0) is 4.79 Å². The summed E-state index contributed by atoms with van der Waals surface area (Å²) in [5.41, 5.74) is 0.449. The Morgan fingerprint density at radius 3 is 2.50 bits per heavy atom. The smallest absolute Gasteiger partial charge is 0.270 e. The van der Waals surface area contributed by atoms with Crippen LogP contribution in [0.4, 0.5) is 4.39 Å². The molecule has 2 aromatic carbocycles. The van der Waals surface area contributed by atoms with Crippen molar-refractivity contribution in [2.75, 3.05) is 6.54 Å². The summed E-state index contributed by atoms with van der Waals surface area (Å²) < 4.78 is 18.5. The zero-order valence-electron chi connectivity index (χ0n) is 12.9. The van der Waals surface area contributed by atoms with E-state index in [1.54, 1.807) is 24.3 Å². The number of carbonyl (C=O) groups is 3. The first-order chi connectivity index (χ1) is 11.5. The summed E-state index contributed by atoms with van der Waals surface area (Å²) >= 11 is 0. The Kier molecular flexibility index (Phi) is 4.12. The minimum atomic E-state index is -0.890. The van der Waals surface area contributed by atoms with Gasteiger partial charge < -0.3 is 4.74 Å². The van der Waals surface area contributed by atoms with Gasteiger partial charge in [0.05, 0.1) is 12.1 Å². The Morgan fingerprint density at radius 1 is 1.12 bits per heavy atom. The van der Waals surface area contributed by atoms with Crippen LogP contribution in [0.1, 0.15) is 27.6 Å². The molecular formula is C18H14FNO4. The first-order valence-electron chi connectivity index (χ1n) is 7.37. The molecule has 0 spiro atoms. The molecule has 3 rings (SSSR count). The van der Waals surface area contributed by atoms with Gasteiger partial charge in [0.25, 0.3) is 11.8 Å². The largest absolute Gasteiger partial charge is 0.480 e. The van der Waals surface area contributed by atoms with E-state index in [-0.39, 0.29) is 11.1 Å². The van der Waals surface area contributed by atoms with Crippen LogP contribution < -0.4 is 4.74 Å². The van der Waals surface area contributed by atoms with Crippen molar-refractivity contribution < 1.29 is 23.5 Å². The molecule has 0 aliphatic carbocycles. The van der Waals surface area contributed by atoms with Gasteiger partial charge in [-0.25, -0.2) is 4.39 Å². The summed E-state index contributed by atoms with van der Waals surface area (Å²) in [6.07, 6.45) is -0.890. The van der Waals surface area contributed by atoms with Gasteiger partial charge in [-0.1, -0.05) is 12.1 Å². The topological polar surface area (TPSA) is 63.7 Å². The van der Waals surface area contributed by atoms with Gasteiger partial charge in [-0.15, -0.1) is 0 Å². The van der Waals surface area contributed by atoms with Gasteiger partial charge in [0, 0.05) is 5.56 Å². The lowest BCUT2D eigenvalue weighted by atomic mass is 10.1. The van der Waals surface area contributed by atoms with Crippen molar-refractivity contribution in [3.63, 3.8) is 0 Å². The molecule has 0 unspecified atom stereocenters. The SMILES string of the molecule is C[C@@H]1Oc2ccccc2C(=O)N(CC(=O)c2ccc(F)cc2)C1=O. The molecule has 0 fully saturated rings. The Labute approximate surface area is 137 Å². The molecule has 0 saturated heterocycles. The van der Waals surface area contributed by atoms with Crippen LogP contribution in [-0.4, -0.2) is 35.1 Å². The second kappa shape index (κ2) is 6.23. The molecule has 0 N–H and O–H groups in total. The van der Waals surface area contributed by atoms with E-state index in [1.165, 1.54) is 19.1 Å². The first kappa shape index (κ1) is 15.9. The molecule has 122 valence electrons. The molecule has 24 heavy (non-hydrogen) atoms. The van der Waals surface area contributed by atoms with Crippen molar-refractivity contribution in [1.82, 2.24) is 4.90 Å². The molecular weight excluding hydrogens is 313 g/mol. The number of hydrogen-bond donors (Lipinski definition) is 0. The highest BCUT2D eigenvalue weighted by molar-refractivity contribution is 6.12. The van der Waals surface area contributed by atoms with E-state index < -0.39 is 36.1 Å². The first-order valence-corrected chi connectivity index (χ1v) is 7.37. The standard InChI is InChI=1S/C18H14FNO4/c1-11-17(22)20(10-15(21)12-6-8-13(19)9-7-12)18(23)14-4-2-3-5-16(14)24-11/h2-9,11H,10H2,1H3/t11-/m0/s1. The van der Waals surface area contributed by atoms with E-state index in [4.69, 9.17) is 4.74 Å². The molecule has 5 nitrogen and oxygen atoms in total. The lowest BCUT2D eigenvalue weighted by molar-refractivity contribution is -0.134. The second-order valence-corrected chi connectivity index (χ2v) is 5.42. The van der Waals surface area contributed by atoms with Crippen LogP contribution in [0.2, 0.25) is 0 Å². The number of imide groups is 1. The summed E-state index contributed by atoms with van der Waals surface area (Å²) in [7, 11) is 0. The Morgan fingerprint density at radius 2 is 1.79 bits per heavy atom. The van der Waals surface area contributed by atoms with E-state index in [2.05, 4.69) is 0 Å². The third-order valence-electron chi connectivity index (χ3n) is 3.75. The maximum atomic E-state index is 13.0. The maximum Gasteiger partial charge on any atom is 0.270 e. The van der Waals surface area contributed by atoms with Gasteiger partial charge in [0.2, 0.25) is 0 Å². The highest BCUT2D eigenvalue weighted by Crippen LogP contribution is 2.25. The number of hydrogen-bond acceptors (Lipinski definition) is 4. The predicted molar refractivity (Wildman–Crippen MR) is 83.3 cm³/mol. The van der Waals surface area contributed by atoms with Gasteiger partial charge in [0.15, 0.2) is 11.9 Å². The Hall–Kier alpha value is -3.02. The van der Waals surface area contributed by atoms with Gasteiger partial charge in [-0.05, 0) is 43.3 Å². The van der Waals surface area contributed by atoms with E-state index >= 15 is 0 Å². The van der Waals surface area contributed by atoms with E-state index in [1.807, 2.05) is 0 Å². The van der Waals surface area contributed by atoms with Crippen LogP contribution in [0.15, 0.2) is 48.5 Å². The number of amides is 2. The third kappa shape index (κ3) is 2.90. The fourth-order valence-electron chi connectivity index (χ4n) is 2.47. The number of Topliss-reactive ketones (excluding diaryl/α,β-unsaturated/α-hetero) is 1. The van der Waals surface area contributed by atoms with E-state index in [9.17, 15) is 18.8 Å². The van der Waals surface area contributed by atoms with Gasteiger partial charge >= 0.3 is 0 Å². The highest BCUT2D eigenvalue weighted by Gasteiger charge is 2.35. The van der Waals surface area contributed by atoms with Crippen molar-refractivity contribution in [3.8, 4) is 5.75 Å². The Bertz CT molecular complexity index is 816. The molecule has 2 aromatic rings. The van der Waals surface area contributed by atoms with Crippen molar-refractivity contribution in [1.29, 1.82) is 0 Å². The fraction of sp³-hybridized carbons (Fsp3) is 0.167. The van der Waals surface area contributed by atoms with Crippen LogP contribution >= 0.6 is 0 Å². The molecule has 1 aliphatic rings. The number of fused-ring (bicyclic) bond motifs is 1.